The van der Waals surface area contributed by atoms with Crippen LogP contribution in [-0.4, -0.2) is 34.1 Å². The van der Waals surface area contributed by atoms with Crippen LogP contribution in [0.4, 0.5) is 15.8 Å². The minimum Gasteiger partial charge on any atom is -0.397 e. The smallest absolute Gasteiger partial charge is 0.275 e. The molecule has 0 aliphatic heterocycles. The number of pyridine rings is 1. The topological polar surface area (TPSA) is 106 Å². The quantitative estimate of drug-likeness (QED) is 0.427. The number of hydrogen-bond donors (Lipinski definition) is 2. The molecule has 0 aliphatic rings. The van der Waals surface area contributed by atoms with Gasteiger partial charge in [0.2, 0.25) is 5.95 Å². The van der Waals surface area contributed by atoms with Crippen LogP contribution in [0.3, 0.4) is 0 Å². The molecule has 1 aromatic carbocycles. The third kappa shape index (κ3) is 3.86. The summed E-state index contributed by atoms with van der Waals surface area (Å²) in [5, 5.41) is 2.70. The zero-order chi connectivity index (χ0) is 18.5. The van der Waals surface area contributed by atoms with Crippen molar-refractivity contribution in [1.29, 1.82) is 0 Å². The van der Waals surface area contributed by atoms with Crippen LogP contribution in [0.5, 0.6) is 0 Å². The average molecular weight is 350 g/mol. The van der Waals surface area contributed by atoms with E-state index < -0.39 is 11.9 Å². The maximum Gasteiger partial charge on any atom is 0.275 e. The Bertz CT molecular complexity index is 954. The number of anilines is 2. The summed E-state index contributed by atoms with van der Waals surface area (Å²) in [4.78, 5) is 28.0. The molecule has 130 valence electrons. The molecule has 3 rings (SSSR count). The molecule has 8 heteroatoms. The summed E-state index contributed by atoms with van der Waals surface area (Å²) in [6, 6.07) is 7.96. The van der Waals surface area contributed by atoms with E-state index in [1.165, 1.54) is 30.9 Å². The van der Waals surface area contributed by atoms with Crippen LogP contribution in [0.2, 0.25) is 0 Å². The van der Waals surface area contributed by atoms with Gasteiger partial charge in [0.25, 0.3) is 5.91 Å². The number of rotatable bonds is 4. The number of carbonyl (C=O) groups is 1. The lowest BCUT2D eigenvalue weighted by molar-refractivity contribution is 0.102. The van der Waals surface area contributed by atoms with E-state index in [9.17, 15) is 9.18 Å². The Balaban J connectivity index is 1.83. The Kier molecular flexibility index (Phi) is 4.93. The molecule has 2 heterocycles. The molecule has 1 amide bonds. The number of halogens is 1. The van der Waals surface area contributed by atoms with Crippen LogP contribution in [0, 0.1) is 5.95 Å². The van der Waals surface area contributed by atoms with Gasteiger partial charge in [0.1, 0.15) is 5.69 Å². The predicted octanol–water partition coefficient (Wildman–Crippen LogP) is 2.56. The second-order valence-electron chi connectivity index (χ2n) is 5.34. The molecular formula is C18H15FN6O. The van der Waals surface area contributed by atoms with E-state index in [2.05, 4.69) is 25.3 Å². The summed E-state index contributed by atoms with van der Waals surface area (Å²) >= 11 is 0. The van der Waals surface area contributed by atoms with Crippen LogP contribution in [-0.2, 0) is 0 Å². The van der Waals surface area contributed by atoms with Crippen molar-refractivity contribution < 1.29 is 9.18 Å². The van der Waals surface area contributed by atoms with Crippen molar-refractivity contribution in [3.63, 3.8) is 0 Å². The highest BCUT2D eigenvalue weighted by atomic mass is 19.1. The Morgan fingerprint density at radius 3 is 2.58 bits per heavy atom. The number of nitrogen functional groups attached to an aromatic ring is 1. The monoisotopic (exact) mass is 350 g/mol. The van der Waals surface area contributed by atoms with Gasteiger partial charge in [-0.1, -0.05) is 6.07 Å². The van der Waals surface area contributed by atoms with Gasteiger partial charge in [0, 0.05) is 25.0 Å². The summed E-state index contributed by atoms with van der Waals surface area (Å²) in [6.07, 6.45) is 5.75. The van der Waals surface area contributed by atoms with E-state index >= 15 is 0 Å². The second-order valence-corrected chi connectivity index (χ2v) is 5.34. The van der Waals surface area contributed by atoms with Gasteiger partial charge < -0.3 is 11.1 Å². The van der Waals surface area contributed by atoms with Gasteiger partial charge in [-0.05, 0) is 29.8 Å². The number of aliphatic imine (C=N–C) groups is 1. The van der Waals surface area contributed by atoms with E-state index in [0.29, 0.717) is 22.6 Å². The molecule has 0 radical (unpaired) electrons. The van der Waals surface area contributed by atoms with Crippen molar-refractivity contribution in [2.75, 3.05) is 18.1 Å². The van der Waals surface area contributed by atoms with Gasteiger partial charge in [-0.3, -0.25) is 14.8 Å². The molecule has 0 fully saturated rings. The Labute approximate surface area is 148 Å². The molecule has 0 saturated heterocycles. The van der Waals surface area contributed by atoms with Crippen LogP contribution in [0.25, 0.3) is 11.1 Å². The van der Waals surface area contributed by atoms with Crippen LogP contribution in [0.1, 0.15) is 16.2 Å². The molecule has 0 spiro atoms. The average Bonchev–Trinajstić information content (AvgIpc) is 2.65. The molecule has 7 nitrogen and oxygen atoms in total. The maximum atomic E-state index is 13.0. The fourth-order valence-electron chi connectivity index (χ4n) is 2.23. The highest BCUT2D eigenvalue weighted by Crippen LogP contribution is 2.27. The molecule has 0 aliphatic carbocycles. The molecule has 0 bridgehead atoms. The number of amides is 1. The zero-order valence-corrected chi connectivity index (χ0v) is 13.8. The first kappa shape index (κ1) is 17.2. The Hall–Kier alpha value is -3.68. The first-order chi connectivity index (χ1) is 12.6. The van der Waals surface area contributed by atoms with Crippen molar-refractivity contribution in [2.45, 2.75) is 0 Å². The molecule has 0 atom stereocenters. The Morgan fingerprint density at radius 2 is 1.92 bits per heavy atom. The predicted molar refractivity (Wildman–Crippen MR) is 97.5 cm³/mol. The Morgan fingerprint density at radius 1 is 1.12 bits per heavy atom. The van der Waals surface area contributed by atoms with Gasteiger partial charge in [0.15, 0.2) is 0 Å². The molecule has 3 N–H and O–H groups in total. The lowest BCUT2D eigenvalue weighted by atomic mass is 10.1. The van der Waals surface area contributed by atoms with Gasteiger partial charge >= 0.3 is 0 Å². The third-order valence-electron chi connectivity index (χ3n) is 3.53. The van der Waals surface area contributed by atoms with Crippen LogP contribution < -0.4 is 11.1 Å². The number of nitrogens with zero attached hydrogens (tertiary/aromatic N) is 4. The molecule has 0 unspecified atom stereocenters. The number of hydrogen-bond acceptors (Lipinski definition) is 6. The maximum absolute atomic E-state index is 13.0. The van der Waals surface area contributed by atoms with Crippen LogP contribution in [0.15, 0.2) is 53.9 Å². The summed E-state index contributed by atoms with van der Waals surface area (Å²) in [6.45, 7) is 0. The SMILES string of the molecule is CN=Cc1cnc(C(=O)Nc2cc(-c3ccc(F)nc3)ccc2N)cn1. The number of nitrogens with one attached hydrogen (secondary N) is 1. The lowest BCUT2D eigenvalue weighted by Crippen LogP contribution is -2.15. The summed E-state index contributed by atoms with van der Waals surface area (Å²) < 4.78 is 13.0. The van der Waals surface area contributed by atoms with Crippen molar-refractivity contribution in [3.05, 3.63) is 66.3 Å². The van der Waals surface area contributed by atoms with Crippen molar-refractivity contribution in [3.8, 4) is 11.1 Å². The fraction of sp³-hybridized carbons (Fsp3) is 0.0556. The molecule has 0 saturated carbocycles. The number of carbonyl (C=O) groups excluding carboxylic acids is 1. The summed E-state index contributed by atoms with van der Waals surface area (Å²) in [5.74, 6) is -1.01. The van der Waals surface area contributed by atoms with Gasteiger partial charge in [-0.15, -0.1) is 0 Å². The molecule has 3 aromatic rings. The van der Waals surface area contributed by atoms with Crippen molar-refractivity contribution in [1.82, 2.24) is 15.0 Å². The van der Waals surface area contributed by atoms with Gasteiger partial charge in [0.05, 0.1) is 29.5 Å². The minimum absolute atomic E-state index is 0.145. The standard InChI is InChI=1S/C18H15FN6O/c1-21-8-13-9-23-16(10-22-13)18(26)25-15-6-11(2-4-14(15)20)12-3-5-17(19)24-7-12/h2-10H,20H2,1H3,(H,25,26). The second kappa shape index (κ2) is 7.47. The molecular weight excluding hydrogens is 335 g/mol. The molecule has 2 aromatic heterocycles. The number of aromatic nitrogens is 3. The highest BCUT2D eigenvalue weighted by molar-refractivity contribution is 6.04. The first-order valence-corrected chi connectivity index (χ1v) is 7.64. The van der Waals surface area contributed by atoms with E-state index in [1.807, 2.05) is 0 Å². The third-order valence-corrected chi connectivity index (χ3v) is 3.53. The van der Waals surface area contributed by atoms with Crippen molar-refractivity contribution in [2.24, 2.45) is 4.99 Å². The van der Waals surface area contributed by atoms with Crippen LogP contribution >= 0.6 is 0 Å². The van der Waals surface area contributed by atoms with E-state index in [4.69, 9.17) is 5.73 Å². The fourth-order valence-corrected chi connectivity index (χ4v) is 2.23. The number of benzene rings is 1. The van der Waals surface area contributed by atoms with E-state index in [-0.39, 0.29) is 5.69 Å². The van der Waals surface area contributed by atoms with E-state index in [1.54, 1.807) is 31.3 Å². The summed E-state index contributed by atoms with van der Waals surface area (Å²) in [5.41, 5.74) is 8.87. The van der Waals surface area contributed by atoms with Crippen molar-refractivity contribution >= 4 is 23.5 Å². The normalized spacial score (nSPS) is 10.8. The highest BCUT2D eigenvalue weighted by Gasteiger charge is 2.11. The first-order valence-electron chi connectivity index (χ1n) is 7.64. The lowest BCUT2D eigenvalue weighted by Gasteiger charge is -2.10. The number of nitrogens with two attached hydrogens (primary N) is 1. The summed E-state index contributed by atoms with van der Waals surface area (Å²) in [7, 11) is 1.62. The molecule has 26 heavy (non-hydrogen) atoms. The minimum atomic E-state index is -0.562. The van der Waals surface area contributed by atoms with E-state index in [0.717, 1.165) is 5.56 Å². The van der Waals surface area contributed by atoms with Gasteiger partial charge in [-0.25, -0.2) is 9.97 Å². The zero-order valence-electron chi connectivity index (χ0n) is 13.8. The largest absolute Gasteiger partial charge is 0.397 e. The van der Waals surface area contributed by atoms with Gasteiger partial charge in [-0.2, -0.15) is 4.39 Å².